The van der Waals surface area contributed by atoms with Gasteiger partial charge in [0.25, 0.3) is 0 Å². The van der Waals surface area contributed by atoms with Gasteiger partial charge in [-0.2, -0.15) is 0 Å². The Bertz CT molecular complexity index is 1060. The van der Waals surface area contributed by atoms with Crippen LogP contribution in [0.2, 0.25) is 0 Å². The van der Waals surface area contributed by atoms with Crippen molar-refractivity contribution in [3.05, 3.63) is 56.6 Å². The highest BCUT2D eigenvalue weighted by atomic mass is 16.7. The van der Waals surface area contributed by atoms with Gasteiger partial charge < -0.3 is 23.7 Å². The summed E-state index contributed by atoms with van der Waals surface area (Å²) >= 11 is 0. The van der Waals surface area contributed by atoms with E-state index in [1.807, 2.05) is 0 Å². The fraction of sp³-hybridized carbons (Fsp3) is 0.364. The van der Waals surface area contributed by atoms with Gasteiger partial charge >= 0.3 is 23.7 Å². The molecule has 13 heteroatoms. The standard InChI is InChI=1S/C22H24N2O11/c1-21(2,3)34-19(25)32-17-9-7-13(11-15(17)23(27)28)31-14-8-10-18(16(12-14)24(29)30)33-20(26)35-22(4,5)6/h7-12H,1-6H3. The zero-order chi connectivity index (χ0) is 26.6. The molecule has 0 N–H and O–H groups in total. The zero-order valence-corrected chi connectivity index (χ0v) is 19.8. The molecule has 0 aliphatic carbocycles. The number of hydrogen-bond donors (Lipinski definition) is 0. The van der Waals surface area contributed by atoms with E-state index in [1.54, 1.807) is 41.5 Å². The summed E-state index contributed by atoms with van der Waals surface area (Å²) in [5.41, 5.74) is -2.95. The number of hydrogen-bond acceptors (Lipinski definition) is 11. The Kier molecular flexibility index (Phi) is 7.85. The lowest BCUT2D eigenvalue weighted by molar-refractivity contribution is -0.385. The minimum atomic E-state index is -1.13. The summed E-state index contributed by atoms with van der Waals surface area (Å²) in [4.78, 5) is 45.0. The van der Waals surface area contributed by atoms with Crippen molar-refractivity contribution >= 4 is 23.7 Å². The number of nitrogens with zero attached hydrogens (tertiary/aromatic N) is 2. The van der Waals surface area contributed by atoms with Gasteiger partial charge in [-0.25, -0.2) is 9.59 Å². The lowest BCUT2D eigenvalue weighted by Crippen LogP contribution is -2.26. The van der Waals surface area contributed by atoms with Crippen LogP contribution >= 0.6 is 0 Å². The number of nitro groups is 2. The summed E-state index contributed by atoms with van der Waals surface area (Å²) in [6.07, 6.45) is -2.27. The van der Waals surface area contributed by atoms with Gasteiger partial charge in [0.15, 0.2) is 0 Å². The molecular weight excluding hydrogens is 468 g/mol. The number of ether oxygens (including phenoxy) is 5. The fourth-order valence-electron chi connectivity index (χ4n) is 2.44. The summed E-state index contributed by atoms with van der Waals surface area (Å²) in [5.74, 6) is -0.931. The highest BCUT2D eigenvalue weighted by molar-refractivity contribution is 5.68. The average Bonchev–Trinajstić information content (AvgIpc) is 2.67. The molecule has 0 unspecified atom stereocenters. The van der Waals surface area contributed by atoms with Crippen molar-refractivity contribution in [2.45, 2.75) is 52.7 Å². The molecule has 0 saturated carbocycles. The normalized spacial score (nSPS) is 11.3. The molecule has 0 atom stereocenters. The third kappa shape index (κ3) is 8.46. The van der Waals surface area contributed by atoms with Crippen molar-refractivity contribution in [1.82, 2.24) is 0 Å². The third-order valence-electron chi connectivity index (χ3n) is 3.66. The molecule has 0 aliphatic heterocycles. The van der Waals surface area contributed by atoms with Crippen molar-refractivity contribution in [1.29, 1.82) is 0 Å². The van der Waals surface area contributed by atoms with Crippen LogP contribution in [0.15, 0.2) is 36.4 Å². The van der Waals surface area contributed by atoms with Gasteiger partial charge in [-0.15, -0.1) is 0 Å². The average molecular weight is 492 g/mol. The molecule has 2 rings (SSSR count). The molecular formula is C22H24N2O11. The van der Waals surface area contributed by atoms with Gasteiger partial charge in [0.2, 0.25) is 11.5 Å². The molecule has 0 radical (unpaired) electrons. The van der Waals surface area contributed by atoms with E-state index in [2.05, 4.69) is 0 Å². The van der Waals surface area contributed by atoms with Crippen molar-refractivity contribution in [2.24, 2.45) is 0 Å². The predicted octanol–water partition coefficient (Wildman–Crippen LogP) is 5.92. The van der Waals surface area contributed by atoms with Crippen LogP contribution < -0.4 is 14.2 Å². The second-order valence-electron chi connectivity index (χ2n) is 9.01. The van der Waals surface area contributed by atoms with Crippen molar-refractivity contribution in [3.63, 3.8) is 0 Å². The number of nitro benzene ring substituents is 2. The molecule has 2 aromatic rings. The van der Waals surface area contributed by atoms with E-state index in [-0.39, 0.29) is 23.0 Å². The van der Waals surface area contributed by atoms with E-state index in [9.17, 15) is 29.8 Å². The summed E-state index contributed by atoms with van der Waals surface area (Å²) in [6, 6.07) is 6.68. The Morgan fingerprint density at radius 1 is 0.686 bits per heavy atom. The van der Waals surface area contributed by atoms with Crippen LogP contribution in [0.1, 0.15) is 41.5 Å². The summed E-state index contributed by atoms with van der Waals surface area (Å²) in [6.45, 7) is 9.60. The molecule has 0 aromatic heterocycles. The van der Waals surface area contributed by atoms with E-state index in [0.29, 0.717) is 0 Å². The van der Waals surface area contributed by atoms with Gasteiger partial charge in [0.05, 0.1) is 22.0 Å². The van der Waals surface area contributed by atoms with Crippen molar-refractivity contribution < 1.29 is 43.1 Å². The Balaban J connectivity index is 2.27. The van der Waals surface area contributed by atoms with Crippen LogP contribution in [0.3, 0.4) is 0 Å². The first-order chi connectivity index (χ1) is 16.0. The van der Waals surface area contributed by atoms with Crippen LogP contribution in [-0.2, 0) is 9.47 Å². The monoisotopic (exact) mass is 492 g/mol. The molecule has 0 bridgehead atoms. The lowest BCUT2D eigenvalue weighted by Gasteiger charge is -2.18. The SMILES string of the molecule is CC(C)(C)OC(=O)Oc1ccc(Oc2ccc(OC(=O)OC(C)(C)C)c([N+](=O)[O-])c2)cc1[N+](=O)[O-]. The first-order valence-corrected chi connectivity index (χ1v) is 10.1. The van der Waals surface area contributed by atoms with Gasteiger partial charge in [0.1, 0.15) is 22.7 Å². The summed E-state index contributed by atoms with van der Waals surface area (Å²) in [5, 5.41) is 22.9. The van der Waals surface area contributed by atoms with E-state index >= 15 is 0 Å². The fourth-order valence-corrected chi connectivity index (χ4v) is 2.44. The Labute approximate surface area is 199 Å². The van der Waals surface area contributed by atoms with Gasteiger partial charge in [-0.05, 0) is 65.8 Å². The summed E-state index contributed by atoms with van der Waals surface area (Å²) in [7, 11) is 0. The van der Waals surface area contributed by atoms with Gasteiger partial charge in [-0.3, -0.25) is 20.2 Å². The van der Waals surface area contributed by atoms with Gasteiger partial charge in [0, 0.05) is 0 Å². The van der Waals surface area contributed by atoms with Crippen LogP contribution in [0.25, 0.3) is 0 Å². The number of carbonyl (C=O) groups is 2. The number of benzene rings is 2. The van der Waals surface area contributed by atoms with Crippen molar-refractivity contribution in [2.75, 3.05) is 0 Å². The third-order valence-corrected chi connectivity index (χ3v) is 3.66. The number of carbonyl (C=O) groups excluding carboxylic acids is 2. The minimum absolute atomic E-state index is 0.0802. The highest BCUT2D eigenvalue weighted by Gasteiger charge is 2.26. The van der Waals surface area contributed by atoms with E-state index in [4.69, 9.17) is 23.7 Å². The largest absolute Gasteiger partial charge is 0.514 e. The Morgan fingerprint density at radius 2 is 1.03 bits per heavy atom. The van der Waals surface area contributed by atoms with Crippen LogP contribution in [0, 0.1) is 20.2 Å². The quantitative estimate of drug-likeness (QED) is 0.203. The second-order valence-corrected chi connectivity index (χ2v) is 9.01. The maximum Gasteiger partial charge on any atom is 0.514 e. The molecule has 0 amide bonds. The second kappa shape index (κ2) is 10.2. The smallest absolute Gasteiger partial charge is 0.457 e. The Hall–Kier alpha value is -4.42. The lowest BCUT2D eigenvalue weighted by atomic mass is 10.2. The highest BCUT2D eigenvalue weighted by Crippen LogP contribution is 2.37. The molecule has 2 aromatic carbocycles. The molecule has 0 aliphatic rings. The molecule has 35 heavy (non-hydrogen) atoms. The van der Waals surface area contributed by atoms with Crippen LogP contribution in [-0.4, -0.2) is 33.4 Å². The maximum atomic E-state index is 11.9. The molecule has 13 nitrogen and oxygen atoms in total. The number of rotatable bonds is 6. The minimum Gasteiger partial charge on any atom is -0.457 e. The first kappa shape index (κ1) is 26.8. The van der Waals surface area contributed by atoms with E-state index in [0.717, 1.165) is 24.3 Å². The van der Waals surface area contributed by atoms with Gasteiger partial charge in [-0.1, -0.05) is 0 Å². The molecule has 0 spiro atoms. The topological polar surface area (TPSA) is 167 Å². The summed E-state index contributed by atoms with van der Waals surface area (Å²) < 4.78 is 25.3. The maximum absolute atomic E-state index is 11.9. The van der Waals surface area contributed by atoms with Crippen LogP contribution in [0.4, 0.5) is 21.0 Å². The molecule has 188 valence electrons. The molecule has 0 heterocycles. The molecule has 0 fully saturated rings. The molecule has 0 saturated heterocycles. The predicted molar refractivity (Wildman–Crippen MR) is 120 cm³/mol. The van der Waals surface area contributed by atoms with Crippen molar-refractivity contribution in [3.8, 4) is 23.0 Å². The van der Waals surface area contributed by atoms with E-state index < -0.39 is 44.7 Å². The van der Waals surface area contributed by atoms with E-state index in [1.165, 1.54) is 12.1 Å². The zero-order valence-electron chi connectivity index (χ0n) is 19.8. The first-order valence-electron chi connectivity index (χ1n) is 10.1. The van der Waals surface area contributed by atoms with Crippen LogP contribution in [0.5, 0.6) is 23.0 Å². The Morgan fingerprint density at radius 3 is 1.31 bits per heavy atom.